The number of aromatic nitrogens is 2. The van der Waals surface area contributed by atoms with Crippen LogP contribution >= 0.6 is 0 Å². The zero-order valence-electron chi connectivity index (χ0n) is 24.2. The minimum atomic E-state index is -0.907. The van der Waals surface area contributed by atoms with Crippen molar-refractivity contribution < 1.29 is 28.6 Å². The number of anilines is 2. The number of amides is 2. The highest BCUT2D eigenvalue weighted by Crippen LogP contribution is 2.27. The number of carbonyl (C=O) groups is 2. The Labute approximate surface area is 230 Å². The zero-order valence-corrected chi connectivity index (χ0v) is 24.2. The van der Waals surface area contributed by atoms with Crippen LogP contribution in [0.3, 0.4) is 0 Å². The first-order valence-corrected chi connectivity index (χ1v) is 13.3. The Morgan fingerprint density at radius 3 is 2.54 bits per heavy atom. The van der Waals surface area contributed by atoms with Crippen molar-refractivity contribution >= 4 is 23.9 Å². The predicted molar refractivity (Wildman–Crippen MR) is 146 cm³/mol. The summed E-state index contributed by atoms with van der Waals surface area (Å²) in [5.74, 6) is 0.0549. The topological polar surface area (TPSA) is 142 Å². The van der Waals surface area contributed by atoms with Crippen LogP contribution in [0.5, 0.6) is 0 Å². The third kappa shape index (κ3) is 8.56. The number of hydrogen-bond acceptors (Lipinski definition) is 10. The number of aliphatic hydroxyl groups excluding tert-OH is 1. The van der Waals surface area contributed by atoms with Crippen molar-refractivity contribution in [2.24, 2.45) is 0 Å². The molecule has 2 heterocycles. The lowest BCUT2D eigenvalue weighted by Gasteiger charge is -2.39. The van der Waals surface area contributed by atoms with Crippen molar-refractivity contribution in [1.29, 1.82) is 0 Å². The van der Waals surface area contributed by atoms with Gasteiger partial charge in [-0.2, -0.15) is 0 Å². The molecule has 1 aliphatic heterocycles. The van der Waals surface area contributed by atoms with Gasteiger partial charge in [-0.15, -0.1) is 5.10 Å². The molecular weight excluding hydrogens is 504 g/mol. The van der Waals surface area contributed by atoms with Crippen LogP contribution in [-0.2, 0) is 16.0 Å². The van der Waals surface area contributed by atoms with Gasteiger partial charge in [0.1, 0.15) is 11.6 Å². The van der Waals surface area contributed by atoms with Crippen LogP contribution in [0, 0.1) is 13.8 Å². The summed E-state index contributed by atoms with van der Waals surface area (Å²) < 4.78 is 16.3. The van der Waals surface area contributed by atoms with E-state index in [2.05, 4.69) is 31.8 Å². The molecule has 2 aromatic rings. The summed E-state index contributed by atoms with van der Waals surface area (Å²) in [7, 11) is 0. The van der Waals surface area contributed by atoms with Crippen molar-refractivity contribution in [3.63, 3.8) is 0 Å². The summed E-state index contributed by atoms with van der Waals surface area (Å²) in [5.41, 5.74) is 3.36. The second kappa shape index (κ2) is 12.6. The molecule has 0 aliphatic carbocycles. The molecule has 3 N–H and O–H groups in total. The Balaban J connectivity index is 1.67. The molecule has 0 spiro atoms. The fourth-order valence-corrected chi connectivity index (χ4v) is 4.36. The van der Waals surface area contributed by atoms with E-state index in [1.807, 2.05) is 40.7 Å². The van der Waals surface area contributed by atoms with Crippen molar-refractivity contribution in [2.75, 3.05) is 31.6 Å². The molecule has 1 aliphatic rings. The number of hydrogen-bond donors (Lipinski definition) is 3. The number of nitrogens with zero attached hydrogens (tertiary/aromatic N) is 4. The first kappa shape index (κ1) is 30.2. The Morgan fingerprint density at radius 1 is 1.21 bits per heavy atom. The molecule has 12 heteroatoms. The third-order valence-corrected chi connectivity index (χ3v) is 6.19. The van der Waals surface area contributed by atoms with Gasteiger partial charge in [-0.25, -0.2) is 9.59 Å². The second-order valence-electron chi connectivity index (χ2n) is 11.3. The standard InChI is InChI=1S/C27H42N6O6/c1-16(2)37-26(36)33-10-9-32(13-18(33)4)14-20-11-17(3)12-21(19(20)5)28-24-31-30-23(38-24)22(15-34)29-25(35)39-27(6,7)8/h11-12,16,18,22,34H,9-10,13-15H2,1-8H3,(H,28,31)(H,29,35)/t18-,22-/m0/s1. The van der Waals surface area contributed by atoms with Gasteiger partial charge in [-0.3, -0.25) is 4.90 Å². The third-order valence-electron chi connectivity index (χ3n) is 6.19. The molecule has 12 nitrogen and oxygen atoms in total. The summed E-state index contributed by atoms with van der Waals surface area (Å²) in [5, 5.41) is 23.5. The maximum Gasteiger partial charge on any atom is 0.410 e. The average Bonchev–Trinajstić information content (AvgIpc) is 3.27. The minimum Gasteiger partial charge on any atom is -0.447 e. The monoisotopic (exact) mass is 546 g/mol. The smallest absolute Gasteiger partial charge is 0.410 e. The molecule has 0 radical (unpaired) electrons. The number of nitrogens with one attached hydrogen (secondary N) is 2. The molecule has 1 fully saturated rings. The largest absolute Gasteiger partial charge is 0.447 e. The zero-order chi connectivity index (χ0) is 28.9. The Hall–Kier alpha value is -3.38. The average molecular weight is 547 g/mol. The first-order chi connectivity index (χ1) is 18.3. The van der Waals surface area contributed by atoms with Crippen molar-refractivity contribution in [3.05, 3.63) is 34.7 Å². The molecule has 0 unspecified atom stereocenters. The van der Waals surface area contributed by atoms with Crippen LogP contribution in [0.2, 0.25) is 0 Å². The molecule has 3 rings (SSSR count). The highest BCUT2D eigenvalue weighted by atomic mass is 16.6. The van der Waals surface area contributed by atoms with Gasteiger partial charge in [0, 0.05) is 37.9 Å². The number of ether oxygens (including phenoxy) is 2. The van der Waals surface area contributed by atoms with Gasteiger partial charge < -0.3 is 34.5 Å². The normalized spacial score (nSPS) is 17.2. The van der Waals surface area contributed by atoms with E-state index >= 15 is 0 Å². The SMILES string of the molecule is Cc1cc(CN2CCN(C(=O)OC(C)C)[C@@H](C)C2)c(C)c(Nc2nnc([C@H](CO)NC(=O)OC(C)(C)C)o2)c1. The van der Waals surface area contributed by atoms with Crippen molar-refractivity contribution in [1.82, 2.24) is 25.3 Å². The fraction of sp³-hybridized carbons (Fsp3) is 0.630. The fourth-order valence-electron chi connectivity index (χ4n) is 4.36. The van der Waals surface area contributed by atoms with Gasteiger partial charge in [-0.05, 0) is 78.1 Å². The van der Waals surface area contributed by atoms with Crippen LogP contribution in [0.4, 0.5) is 21.3 Å². The Kier molecular flexibility index (Phi) is 9.78. The van der Waals surface area contributed by atoms with E-state index in [0.717, 1.165) is 42.0 Å². The highest BCUT2D eigenvalue weighted by molar-refractivity contribution is 5.69. The van der Waals surface area contributed by atoms with Gasteiger partial charge in [0.05, 0.1) is 12.7 Å². The number of piperazine rings is 1. The van der Waals surface area contributed by atoms with E-state index in [9.17, 15) is 14.7 Å². The lowest BCUT2D eigenvalue weighted by molar-refractivity contribution is 0.0348. The minimum absolute atomic E-state index is 0.0401. The van der Waals surface area contributed by atoms with Crippen LogP contribution in [-0.4, -0.2) is 81.3 Å². The number of aryl methyl sites for hydroxylation is 1. The molecule has 1 aromatic carbocycles. The van der Waals surface area contributed by atoms with Gasteiger partial charge in [0.15, 0.2) is 0 Å². The quantitative estimate of drug-likeness (QED) is 0.444. The number of benzene rings is 1. The van der Waals surface area contributed by atoms with Gasteiger partial charge in [-0.1, -0.05) is 11.2 Å². The second-order valence-corrected chi connectivity index (χ2v) is 11.3. The van der Waals surface area contributed by atoms with Crippen LogP contribution in [0.25, 0.3) is 0 Å². The van der Waals surface area contributed by atoms with Crippen LogP contribution in [0.1, 0.15) is 70.2 Å². The van der Waals surface area contributed by atoms with Crippen molar-refractivity contribution in [3.8, 4) is 0 Å². The van der Waals surface area contributed by atoms with E-state index in [1.165, 1.54) is 0 Å². The van der Waals surface area contributed by atoms with Crippen molar-refractivity contribution in [2.45, 2.75) is 85.7 Å². The number of carbonyl (C=O) groups excluding carboxylic acids is 2. The molecule has 39 heavy (non-hydrogen) atoms. The van der Waals surface area contributed by atoms with E-state index in [-0.39, 0.29) is 30.1 Å². The summed E-state index contributed by atoms with van der Waals surface area (Å²) in [4.78, 5) is 28.6. The molecule has 1 saturated heterocycles. The molecule has 0 saturated carbocycles. The van der Waals surface area contributed by atoms with E-state index in [0.29, 0.717) is 6.54 Å². The Bertz CT molecular complexity index is 1140. The van der Waals surface area contributed by atoms with Gasteiger partial charge >= 0.3 is 18.2 Å². The summed E-state index contributed by atoms with van der Waals surface area (Å²) in [6, 6.07) is 3.41. The van der Waals surface area contributed by atoms with Gasteiger partial charge in [0.25, 0.3) is 0 Å². The van der Waals surface area contributed by atoms with E-state index < -0.39 is 24.3 Å². The molecule has 216 valence electrons. The molecular formula is C27H42N6O6. The summed E-state index contributed by atoms with van der Waals surface area (Å²) in [6.45, 7) is 17.4. The molecule has 0 bridgehead atoms. The van der Waals surface area contributed by atoms with E-state index in [4.69, 9.17) is 13.9 Å². The molecule has 2 amide bonds. The van der Waals surface area contributed by atoms with Crippen LogP contribution < -0.4 is 10.6 Å². The Morgan fingerprint density at radius 2 is 1.92 bits per heavy atom. The first-order valence-electron chi connectivity index (χ1n) is 13.3. The van der Waals surface area contributed by atoms with Gasteiger partial charge in [0.2, 0.25) is 5.89 Å². The summed E-state index contributed by atoms with van der Waals surface area (Å²) in [6.07, 6.45) is -1.10. The number of aliphatic hydroxyl groups is 1. The van der Waals surface area contributed by atoms with E-state index in [1.54, 1.807) is 25.7 Å². The molecule has 2 atom stereocenters. The maximum absolute atomic E-state index is 12.4. The number of alkyl carbamates (subject to hydrolysis) is 1. The predicted octanol–water partition coefficient (Wildman–Crippen LogP) is 4.04. The maximum atomic E-state index is 12.4. The lowest BCUT2D eigenvalue weighted by Crippen LogP contribution is -2.54. The highest BCUT2D eigenvalue weighted by Gasteiger charge is 2.29. The van der Waals surface area contributed by atoms with Crippen LogP contribution in [0.15, 0.2) is 16.5 Å². The molecule has 1 aromatic heterocycles. The lowest BCUT2D eigenvalue weighted by atomic mass is 10.0. The number of rotatable bonds is 8. The summed E-state index contributed by atoms with van der Waals surface area (Å²) >= 11 is 0.